The third-order valence-corrected chi connectivity index (χ3v) is 3.76. The Kier molecular flexibility index (Phi) is 4.60. The van der Waals surface area contributed by atoms with Gasteiger partial charge in [0.2, 0.25) is 0 Å². The molecule has 0 fully saturated rings. The first-order valence-electron chi connectivity index (χ1n) is 5.68. The molecule has 0 amide bonds. The smallest absolute Gasteiger partial charge is 0.256 e. The molecule has 0 atom stereocenters. The second-order valence-corrected chi connectivity index (χ2v) is 5.43. The first-order chi connectivity index (χ1) is 9.40. The van der Waals surface area contributed by atoms with Crippen molar-refractivity contribution in [1.82, 2.24) is 4.90 Å². The number of alkyl halides is 2. The SMILES string of the molecule is C=C1C(Br)=CC=C(c2ccc(Cl)cc2F)N1CC(F)F. The summed E-state index contributed by atoms with van der Waals surface area (Å²) in [5.41, 5.74) is 0.886. The number of rotatable bonds is 3. The first kappa shape index (κ1) is 15.2. The topological polar surface area (TPSA) is 3.24 Å². The summed E-state index contributed by atoms with van der Waals surface area (Å²) in [5, 5.41) is 0.249. The number of halogens is 5. The summed E-state index contributed by atoms with van der Waals surface area (Å²) >= 11 is 8.93. The Hall–Kier alpha value is -1.20. The van der Waals surface area contributed by atoms with Crippen molar-refractivity contribution in [3.8, 4) is 0 Å². The minimum absolute atomic E-state index is 0.201. The molecular formula is C14H10BrClF3N. The molecular weight excluding hydrogens is 355 g/mol. The molecule has 1 heterocycles. The van der Waals surface area contributed by atoms with Crippen LogP contribution in [0.3, 0.4) is 0 Å². The van der Waals surface area contributed by atoms with Crippen LogP contribution in [0.4, 0.5) is 13.2 Å². The molecule has 0 N–H and O–H groups in total. The summed E-state index contributed by atoms with van der Waals surface area (Å²) in [5.74, 6) is -0.567. The summed E-state index contributed by atoms with van der Waals surface area (Å²) in [6, 6.07) is 4.12. The van der Waals surface area contributed by atoms with Gasteiger partial charge in [-0.25, -0.2) is 13.2 Å². The van der Waals surface area contributed by atoms with Crippen molar-refractivity contribution in [2.24, 2.45) is 0 Å². The number of hydrogen-bond acceptors (Lipinski definition) is 1. The van der Waals surface area contributed by atoms with Gasteiger partial charge in [0.1, 0.15) is 5.82 Å². The van der Waals surface area contributed by atoms with Gasteiger partial charge >= 0.3 is 0 Å². The van der Waals surface area contributed by atoms with Crippen LogP contribution in [0.25, 0.3) is 5.70 Å². The molecule has 1 aliphatic rings. The fourth-order valence-corrected chi connectivity index (χ4v) is 2.40. The van der Waals surface area contributed by atoms with Crippen molar-refractivity contribution in [3.63, 3.8) is 0 Å². The van der Waals surface area contributed by atoms with Gasteiger partial charge in [0.15, 0.2) is 0 Å². The Bertz CT molecular complexity index is 610. The second kappa shape index (κ2) is 6.06. The van der Waals surface area contributed by atoms with Gasteiger partial charge in [0.05, 0.1) is 12.2 Å². The summed E-state index contributed by atoms with van der Waals surface area (Å²) in [7, 11) is 0. The van der Waals surface area contributed by atoms with Crippen LogP contribution in [-0.2, 0) is 0 Å². The molecule has 0 aromatic heterocycles. The fourth-order valence-electron chi connectivity index (χ4n) is 1.89. The molecule has 1 aliphatic heterocycles. The molecule has 6 heteroatoms. The van der Waals surface area contributed by atoms with Crippen LogP contribution in [0, 0.1) is 5.82 Å². The number of nitrogens with zero attached hydrogens (tertiary/aromatic N) is 1. The first-order valence-corrected chi connectivity index (χ1v) is 6.85. The van der Waals surface area contributed by atoms with Gasteiger partial charge in [-0.15, -0.1) is 0 Å². The molecule has 2 rings (SSSR count). The Balaban J connectivity index is 2.48. The predicted octanol–water partition coefficient (Wildman–Crippen LogP) is 5.19. The average molecular weight is 365 g/mol. The van der Waals surface area contributed by atoms with E-state index in [1.54, 1.807) is 12.2 Å². The molecule has 0 saturated heterocycles. The second-order valence-electron chi connectivity index (χ2n) is 4.14. The highest BCUT2D eigenvalue weighted by atomic mass is 79.9. The van der Waals surface area contributed by atoms with E-state index in [-0.39, 0.29) is 10.6 Å². The maximum absolute atomic E-state index is 14.0. The van der Waals surface area contributed by atoms with Crippen LogP contribution in [0.5, 0.6) is 0 Å². The molecule has 106 valence electrons. The maximum Gasteiger partial charge on any atom is 0.256 e. The quantitative estimate of drug-likeness (QED) is 0.713. The van der Waals surface area contributed by atoms with E-state index in [2.05, 4.69) is 22.5 Å². The highest BCUT2D eigenvalue weighted by Crippen LogP contribution is 2.35. The molecule has 1 aromatic carbocycles. The number of hydrogen-bond donors (Lipinski definition) is 0. The highest BCUT2D eigenvalue weighted by Gasteiger charge is 2.24. The van der Waals surface area contributed by atoms with Gasteiger partial charge < -0.3 is 4.90 Å². The van der Waals surface area contributed by atoms with E-state index in [1.165, 1.54) is 17.0 Å². The van der Waals surface area contributed by atoms with E-state index in [0.717, 1.165) is 6.07 Å². The minimum atomic E-state index is -2.57. The summed E-state index contributed by atoms with van der Waals surface area (Å²) in [6.45, 7) is 3.18. The zero-order valence-electron chi connectivity index (χ0n) is 10.2. The molecule has 0 spiro atoms. The molecule has 0 radical (unpaired) electrons. The Morgan fingerprint density at radius 1 is 1.30 bits per heavy atom. The molecule has 1 aromatic rings. The number of allylic oxidation sites excluding steroid dienone is 3. The van der Waals surface area contributed by atoms with Gasteiger partial charge in [-0.2, -0.15) is 0 Å². The lowest BCUT2D eigenvalue weighted by atomic mass is 10.1. The molecule has 0 bridgehead atoms. The van der Waals surface area contributed by atoms with Crippen molar-refractivity contribution in [3.05, 3.63) is 63.5 Å². The summed E-state index contributed by atoms with van der Waals surface area (Å²) in [4.78, 5) is 1.28. The van der Waals surface area contributed by atoms with Crippen molar-refractivity contribution >= 4 is 33.2 Å². The third-order valence-electron chi connectivity index (χ3n) is 2.81. The fraction of sp³-hybridized carbons (Fsp3) is 0.143. The van der Waals surface area contributed by atoms with Crippen LogP contribution in [0.1, 0.15) is 5.56 Å². The van der Waals surface area contributed by atoms with Gasteiger partial charge in [0.25, 0.3) is 6.43 Å². The minimum Gasteiger partial charge on any atom is -0.335 e. The normalized spacial score (nSPS) is 15.5. The van der Waals surface area contributed by atoms with E-state index in [4.69, 9.17) is 11.6 Å². The maximum atomic E-state index is 14.0. The van der Waals surface area contributed by atoms with Crippen LogP contribution >= 0.6 is 27.5 Å². The Morgan fingerprint density at radius 2 is 2.00 bits per heavy atom. The van der Waals surface area contributed by atoms with Crippen LogP contribution in [-0.4, -0.2) is 17.9 Å². The average Bonchev–Trinajstić information content (AvgIpc) is 2.36. The highest BCUT2D eigenvalue weighted by molar-refractivity contribution is 9.12. The largest absolute Gasteiger partial charge is 0.335 e. The molecule has 0 unspecified atom stereocenters. The summed E-state index contributed by atoms with van der Waals surface area (Å²) < 4.78 is 40.0. The predicted molar refractivity (Wildman–Crippen MR) is 78.2 cm³/mol. The standard InChI is InChI=1S/C14H10BrClF3N/c1-8-11(15)4-5-13(20(8)7-14(18)19)10-3-2-9(16)6-12(10)17/h2-6,14H,1,7H2. The van der Waals surface area contributed by atoms with E-state index in [1.807, 2.05) is 0 Å². The summed E-state index contributed by atoms with van der Waals surface area (Å²) in [6.07, 6.45) is 0.644. The molecule has 0 aliphatic carbocycles. The Morgan fingerprint density at radius 3 is 2.60 bits per heavy atom. The van der Waals surface area contributed by atoms with Crippen LogP contribution < -0.4 is 0 Å². The molecule has 20 heavy (non-hydrogen) atoms. The van der Waals surface area contributed by atoms with E-state index in [9.17, 15) is 13.2 Å². The number of benzene rings is 1. The lowest BCUT2D eigenvalue weighted by Gasteiger charge is -2.31. The van der Waals surface area contributed by atoms with Crippen molar-refractivity contribution in [2.75, 3.05) is 6.54 Å². The van der Waals surface area contributed by atoms with Crippen LogP contribution in [0.2, 0.25) is 5.02 Å². The van der Waals surface area contributed by atoms with E-state index < -0.39 is 18.8 Å². The van der Waals surface area contributed by atoms with Crippen molar-refractivity contribution < 1.29 is 13.2 Å². The third kappa shape index (κ3) is 3.10. The zero-order chi connectivity index (χ0) is 14.9. The van der Waals surface area contributed by atoms with Crippen molar-refractivity contribution in [1.29, 1.82) is 0 Å². The molecule has 0 saturated carbocycles. The van der Waals surface area contributed by atoms with Gasteiger partial charge in [-0.05, 0) is 46.3 Å². The van der Waals surface area contributed by atoms with Crippen molar-refractivity contribution in [2.45, 2.75) is 6.43 Å². The monoisotopic (exact) mass is 363 g/mol. The van der Waals surface area contributed by atoms with Gasteiger partial charge in [0, 0.05) is 20.8 Å². The van der Waals surface area contributed by atoms with E-state index >= 15 is 0 Å². The Labute approximate surface area is 128 Å². The molecule has 1 nitrogen and oxygen atoms in total. The van der Waals surface area contributed by atoms with Gasteiger partial charge in [-0.1, -0.05) is 18.2 Å². The van der Waals surface area contributed by atoms with E-state index in [0.29, 0.717) is 15.9 Å². The van der Waals surface area contributed by atoms with Crippen LogP contribution in [0.15, 0.2) is 47.1 Å². The lowest BCUT2D eigenvalue weighted by molar-refractivity contribution is 0.123. The van der Waals surface area contributed by atoms with Gasteiger partial charge in [-0.3, -0.25) is 0 Å². The lowest BCUT2D eigenvalue weighted by Crippen LogP contribution is -2.28. The zero-order valence-corrected chi connectivity index (χ0v) is 12.6.